The fourth-order valence-electron chi connectivity index (χ4n) is 1.94. The van der Waals surface area contributed by atoms with Crippen molar-refractivity contribution < 1.29 is 14.6 Å². The van der Waals surface area contributed by atoms with Crippen LogP contribution in [0.3, 0.4) is 0 Å². The Bertz CT molecular complexity index is 616. The van der Waals surface area contributed by atoms with Crippen molar-refractivity contribution in [2.45, 2.75) is 10.8 Å². The minimum absolute atomic E-state index is 0.413. The van der Waals surface area contributed by atoms with Crippen molar-refractivity contribution >= 4 is 23.4 Å². The molecule has 0 saturated heterocycles. The second-order valence-electron chi connectivity index (χ2n) is 4.52. The molecule has 2 aromatic carbocycles. The number of carbonyl (C=O) groups is 1. The Balaban J connectivity index is 2.14. The molecule has 0 spiro atoms. The number of carboxylic acids is 1. The van der Waals surface area contributed by atoms with Crippen LogP contribution in [0.15, 0.2) is 53.4 Å². The molecule has 1 unspecified atom stereocenters. The van der Waals surface area contributed by atoms with Gasteiger partial charge in [-0.25, -0.2) is 0 Å². The van der Waals surface area contributed by atoms with Crippen LogP contribution >= 0.6 is 11.8 Å². The Hall–Kier alpha value is -2.14. The second kappa shape index (κ2) is 7.04. The average molecular weight is 303 g/mol. The predicted molar refractivity (Wildman–Crippen MR) is 84.9 cm³/mol. The average Bonchev–Trinajstić information content (AvgIpc) is 2.50. The Morgan fingerprint density at radius 2 is 2.00 bits per heavy atom. The number of aliphatic carboxylic acids is 1. The van der Waals surface area contributed by atoms with Gasteiger partial charge in [0.2, 0.25) is 0 Å². The van der Waals surface area contributed by atoms with Crippen LogP contribution in [0, 0.1) is 0 Å². The summed E-state index contributed by atoms with van der Waals surface area (Å²) < 4.78 is 5.16. The number of nitrogen functional groups attached to an aromatic ring is 1. The number of thioether (sulfide) groups is 1. The first-order valence-corrected chi connectivity index (χ1v) is 7.44. The van der Waals surface area contributed by atoms with Gasteiger partial charge in [-0.2, -0.15) is 0 Å². The molecule has 110 valence electrons. The number of anilines is 1. The zero-order valence-electron chi connectivity index (χ0n) is 11.7. The van der Waals surface area contributed by atoms with Gasteiger partial charge in [-0.15, -0.1) is 11.8 Å². The first-order chi connectivity index (χ1) is 10.1. The van der Waals surface area contributed by atoms with Gasteiger partial charge in [0.05, 0.1) is 13.0 Å². The number of hydrogen-bond donors (Lipinski definition) is 2. The molecule has 0 aromatic heterocycles. The Morgan fingerprint density at radius 1 is 1.29 bits per heavy atom. The van der Waals surface area contributed by atoms with Gasteiger partial charge < -0.3 is 15.6 Å². The molecule has 0 amide bonds. The standard InChI is InChI=1S/C16H17NO3S/c1-20-12-7-8-14(17)15(9-12)21-10-13(16(18)19)11-5-3-2-4-6-11/h2-9,13H,10,17H2,1H3,(H,18,19). The zero-order chi connectivity index (χ0) is 15.2. The summed E-state index contributed by atoms with van der Waals surface area (Å²) in [5, 5.41) is 9.41. The molecule has 0 heterocycles. The highest BCUT2D eigenvalue weighted by Gasteiger charge is 2.20. The number of nitrogens with two attached hydrogens (primary N) is 1. The monoisotopic (exact) mass is 303 g/mol. The van der Waals surface area contributed by atoms with E-state index in [1.165, 1.54) is 11.8 Å². The van der Waals surface area contributed by atoms with Gasteiger partial charge in [0.15, 0.2) is 0 Å². The lowest BCUT2D eigenvalue weighted by atomic mass is 10.0. The molecule has 3 N–H and O–H groups in total. The summed E-state index contributed by atoms with van der Waals surface area (Å²) in [5.41, 5.74) is 7.34. The molecule has 2 aromatic rings. The molecule has 1 atom stereocenters. The first kappa shape index (κ1) is 15.3. The molecular formula is C16H17NO3S. The maximum atomic E-state index is 11.5. The van der Waals surface area contributed by atoms with Crippen LogP contribution in [0.5, 0.6) is 5.75 Å². The lowest BCUT2D eigenvalue weighted by Gasteiger charge is -2.13. The second-order valence-corrected chi connectivity index (χ2v) is 5.58. The third kappa shape index (κ3) is 3.92. The van der Waals surface area contributed by atoms with Crippen LogP contribution in [0.2, 0.25) is 0 Å². The number of methoxy groups -OCH3 is 1. The zero-order valence-corrected chi connectivity index (χ0v) is 12.5. The lowest BCUT2D eigenvalue weighted by molar-refractivity contribution is -0.138. The summed E-state index contributed by atoms with van der Waals surface area (Å²) in [6, 6.07) is 14.6. The smallest absolute Gasteiger partial charge is 0.311 e. The molecule has 0 bridgehead atoms. The SMILES string of the molecule is COc1ccc(N)c(SCC(C(=O)O)c2ccccc2)c1. The summed E-state index contributed by atoms with van der Waals surface area (Å²) in [6.45, 7) is 0. The van der Waals surface area contributed by atoms with Gasteiger partial charge in [0.25, 0.3) is 0 Å². The van der Waals surface area contributed by atoms with E-state index in [4.69, 9.17) is 10.5 Å². The van der Waals surface area contributed by atoms with E-state index in [0.717, 1.165) is 10.5 Å². The third-order valence-electron chi connectivity index (χ3n) is 3.13. The molecule has 0 saturated carbocycles. The van der Waals surface area contributed by atoms with E-state index in [-0.39, 0.29) is 0 Å². The highest BCUT2D eigenvalue weighted by Crippen LogP contribution is 2.32. The Kier molecular flexibility index (Phi) is 5.11. The summed E-state index contributed by atoms with van der Waals surface area (Å²) >= 11 is 1.42. The normalized spacial score (nSPS) is 11.9. The topological polar surface area (TPSA) is 72.5 Å². The minimum Gasteiger partial charge on any atom is -0.497 e. The number of rotatable bonds is 6. The number of carboxylic acid groups (broad SMARTS) is 1. The number of ether oxygens (including phenoxy) is 1. The van der Waals surface area contributed by atoms with E-state index < -0.39 is 11.9 Å². The van der Waals surface area contributed by atoms with Gasteiger partial charge in [0.1, 0.15) is 5.75 Å². The van der Waals surface area contributed by atoms with Crippen LogP contribution in [0.1, 0.15) is 11.5 Å². The highest BCUT2D eigenvalue weighted by molar-refractivity contribution is 7.99. The van der Waals surface area contributed by atoms with E-state index in [1.54, 1.807) is 19.2 Å². The fourth-order valence-corrected chi connectivity index (χ4v) is 3.05. The molecule has 0 aliphatic carbocycles. The van der Waals surface area contributed by atoms with Crippen molar-refractivity contribution in [3.63, 3.8) is 0 Å². The molecule has 21 heavy (non-hydrogen) atoms. The van der Waals surface area contributed by atoms with Crippen molar-refractivity contribution in [3.05, 3.63) is 54.1 Å². The fraction of sp³-hybridized carbons (Fsp3) is 0.188. The van der Waals surface area contributed by atoms with Gasteiger partial charge in [0, 0.05) is 16.3 Å². The molecule has 0 fully saturated rings. The van der Waals surface area contributed by atoms with E-state index in [9.17, 15) is 9.90 Å². The maximum absolute atomic E-state index is 11.5. The maximum Gasteiger partial charge on any atom is 0.311 e. The summed E-state index contributed by atoms with van der Waals surface area (Å²) in [4.78, 5) is 12.3. The van der Waals surface area contributed by atoms with Gasteiger partial charge >= 0.3 is 5.97 Å². The minimum atomic E-state index is -0.838. The molecule has 0 radical (unpaired) electrons. The van der Waals surface area contributed by atoms with Crippen molar-refractivity contribution in [2.75, 3.05) is 18.6 Å². The van der Waals surface area contributed by atoms with E-state index in [1.807, 2.05) is 36.4 Å². The van der Waals surface area contributed by atoms with Crippen molar-refractivity contribution in [1.29, 1.82) is 0 Å². The summed E-state index contributed by atoms with van der Waals surface area (Å²) in [6.07, 6.45) is 0. The number of benzene rings is 2. The predicted octanol–water partition coefficient (Wildman–Crippen LogP) is 3.24. The largest absolute Gasteiger partial charge is 0.497 e. The molecule has 0 aliphatic heterocycles. The van der Waals surface area contributed by atoms with E-state index >= 15 is 0 Å². The molecule has 2 rings (SSSR count). The van der Waals surface area contributed by atoms with Crippen LogP contribution in [-0.2, 0) is 4.79 Å². The summed E-state index contributed by atoms with van der Waals surface area (Å²) in [5.74, 6) is -0.285. The van der Waals surface area contributed by atoms with Crippen LogP contribution in [0.4, 0.5) is 5.69 Å². The first-order valence-electron chi connectivity index (χ1n) is 6.46. The molecule has 4 nitrogen and oxygen atoms in total. The Morgan fingerprint density at radius 3 is 2.62 bits per heavy atom. The highest BCUT2D eigenvalue weighted by atomic mass is 32.2. The summed E-state index contributed by atoms with van der Waals surface area (Å²) in [7, 11) is 1.59. The lowest BCUT2D eigenvalue weighted by Crippen LogP contribution is -2.14. The van der Waals surface area contributed by atoms with Crippen molar-refractivity contribution in [1.82, 2.24) is 0 Å². The molecular weight excluding hydrogens is 286 g/mol. The van der Waals surface area contributed by atoms with E-state index in [2.05, 4.69) is 0 Å². The van der Waals surface area contributed by atoms with E-state index in [0.29, 0.717) is 17.2 Å². The Labute approximate surface area is 127 Å². The van der Waals surface area contributed by atoms with Gasteiger partial charge in [-0.1, -0.05) is 30.3 Å². The molecule has 0 aliphatic rings. The van der Waals surface area contributed by atoms with Crippen LogP contribution in [0.25, 0.3) is 0 Å². The van der Waals surface area contributed by atoms with Crippen molar-refractivity contribution in [3.8, 4) is 5.75 Å². The number of hydrogen-bond acceptors (Lipinski definition) is 4. The van der Waals surface area contributed by atoms with Gasteiger partial charge in [-0.3, -0.25) is 4.79 Å². The van der Waals surface area contributed by atoms with Crippen LogP contribution < -0.4 is 10.5 Å². The van der Waals surface area contributed by atoms with Crippen molar-refractivity contribution in [2.24, 2.45) is 0 Å². The third-order valence-corrected chi connectivity index (χ3v) is 4.29. The molecule has 5 heteroatoms. The van der Waals surface area contributed by atoms with Gasteiger partial charge in [-0.05, 0) is 23.8 Å². The quantitative estimate of drug-likeness (QED) is 0.633. The van der Waals surface area contributed by atoms with Crippen LogP contribution in [-0.4, -0.2) is 23.9 Å².